The van der Waals surface area contributed by atoms with Gasteiger partial charge in [0.2, 0.25) is 5.91 Å². The monoisotopic (exact) mass is 408 g/mol. The molecule has 0 bridgehead atoms. The number of hydrogen-bond donors (Lipinski definition) is 1. The molecule has 0 saturated carbocycles. The van der Waals surface area contributed by atoms with Crippen molar-refractivity contribution in [1.29, 1.82) is 0 Å². The predicted molar refractivity (Wildman–Crippen MR) is 116 cm³/mol. The summed E-state index contributed by atoms with van der Waals surface area (Å²) in [5, 5.41) is 7.21. The zero-order valence-corrected chi connectivity index (χ0v) is 17.5. The fourth-order valence-corrected chi connectivity index (χ4v) is 4.04. The number of H-pyrrole nitrogens is 1. The largest absolute Gasteiger partial charge is 0.497 e. The SMILES string of the molecule is COc1ccc(-c2n[nH]c(=S)n2CCC(=O)N2CCCc3cc(C)ccc32)cc1. The van der Waals surface area contributed by atoms with Crippen molar-refractivity contribution in [2.24, 2.45) is 0 Å². The molecule has 0 radical (unpaired) electrons. The zero-order chi connectivity index (χ0) is 20.4. The van der Waals surface area contributed by atoms with Crippen LogP contribution < -0.4 is 9.64 Å². The van der Waals surface area contributed by atoms with E-state index in [1.54, 1.807) is 7.11 Å². The molecule has 0 aliphatic carbocycles. The van der Waals surface area contributed by atoms with Crippen molar-refractivity contribution in [1.82, 2.24) is 14.8 Å². The lowest BCUT2D eigenvalue weighted by atomic mass is 9.99. The number of nitrogens with one attached hydrogen (secondary N) is 1. The van der Waals surface area contributed by atoms with Crippen molar-refractivity contribution in [3.63, 3.8) is 0 Å². The third kappa shape index (κ3) is 3.96. The predicted octanol–water partition coefficient (Wildman–Crippen LogP) is 4.29. The van der Waals surface area contributed by atoms with Crippen LogP contribution in [0.3, 0.4) is 0 Å². The molecule has 29 heavy (non-hydrogen) atoms. The van der Waals surface area contributed by atoms with Gasteiger partial charge in [-0.1, -0.05) is 17.7 Å². The number of anilines is 1. The van der Waals surface area contributed by atoms with Gasteiger partial charge in [-0.25, -0.2) is 0 Å². The van der Waals surface area contributed by atoms with Crippen LogP contribution in [0.5, 0.6) is 5.75 Å². The van der Waals surface area contributed by atoms with Gasteiger partial charge in [0.05, 0.1) is 7.11 Å². The van der Waals surface area contributed by atoms with Gasteiger partial charge in [0.25, 0.3) is 0 Å². The first kappa shape index (κ1) is 19.4. The molecule has 7 heteroatoms. The van der Waals surface area contributed by atoms with E-state index in [2.05, 4.69) is 35.3 Å². The van der Waals surface area contributed by atoms with Crippen LogP contribution in [0, 0.1) is 11.7 Å². The molecule has 1 aromatic heterocycles. The second-order valence-corrected chi connectivity index (χ2v) is 7.65. The number of methoxy groups -OCH3 is 1. The summed E-state index contributed by atoms with van der Waals surface area (Å²) in [7, 11) is 1.64. The van der Waals surface area contributed by atoms with Gasteiger partial charge in [0.15, 0.2) is 10.6 Å². The summed E-state index contributed by atoms with van der Waals surface area (Å²) < 4.78 is 7.61. The third-order valence-corrected chi connectivity index (χ3v) is 5.62. The van der Waals surface area contributed by atoms with Crippen LogP contribution in [-0.2, 0) is 17.8 Å². The molecule has 1 N–H and O–H groups in total. The van der Waals surface area contributed by atoms with E-state index in [1.807, 2.05) is 33.7 Å². The van der Waals surface area contributed by atoms with Crippen molar-refractivity contribution in [3.05, 3.63) is 58.4 Å². The van der Waals surface area contributed by atoms with E-state index in [-0.39, 0.29) is 5.91 Å². The van der Waals surface area contributed by atoms with Crippen LogP contribution in [0.2, 0.25) is 0 Å². The van der Waals surface area contributed by atoms with Gasteiger partial charge in [0, 0.05) is 30.8 Å². The van der Waals surface area contributed by atoms with E-state index < -0.39 is 0 Å². The van der Waals surface area contributed by atoms with E-state index in [0.29, 0.717) is 17.7 Å². The molecule has 0 saturated heterocycles. The van der Waals surface area contributed by atoms with E-state index in [1.165, 1.54) is 11.1 Å². The lowest BCUT2D eigenvalue weighted by molar-refractivity contribution is -0.118. The summed E-state index contributed by atoms with van der Waals surface area (Å²) in [4.78, 5) is 14.9. The number of fused-ring (bicyclic) bond motifs is 1. The summed E-state index contributed by atoms with van der Waals surface area (Å²) >= 11 is 5.40. The fourth-order valence-electron chi connectivity index (χ4n) is 3.81. The highest BCUT2D eigenvalue weighted by molar-refractivity contribution is 7.71. The number of nitrogens with zero attached hydrogens (tertiary/aromatic N) is 3. The molecule has 1 aliphatic rings. The highest BCUT2D eigenvalue weighted by Crippen LogP contribution is 2.29. The number of aromatic nitrogens is 3. The van der Waals surface area contributed by atoms with Crippen molar-refractivity contribution >= 4 is 23.8 Å². The van der Waals surface area contributed by atoms with Crippen molar-refractivity contribution in [2.45, 2.75) is 32.7 Å². The van der Waals surface area contributed by atoms with Crippen LogP contribution in [-0.4, -0.2) is 34.3 Å². The number of ether oxygens (including phenoxy) is 1. The number of aryl methyl sites for hydroxylation is 2. The molecule has 1 aliphatic heterocycles. The Bertz CT molecular complexity index is 1080. The highest BCUT2D eigenvalue weighted by atomic mass is 32.1. The number of benzene rings is 2. The number of rotatable bonds is 5. The van der Waals surface area contributed by atoms with Crippen LogP contribution in [0.1, 0.15) is 24.0 Å². The molecule has 0 fully saturated rings. The summed E-state index contributed by atoms with van der Waals surface area (Å²) in [6.45, 7) is 3.33. The van der Waals surface area contributed by atoms with Gasteiger partial charge in [-0.3, -0.25) is 14.5 Å². The lowest BCUT2D eigenvalue weighted by Gasteiger charge is -2.30. The molecule has 0 unspecified atom stereocenters. The fraction of sp³-hybridized carbons (Fsp3) is 0.318. The molecular weight excluding hydrogens is 384 g/mol. The number of carbonyl (C=O) groups excluding carboxylic acids is 1. The van der Waals surface area contributed by atoms with Gasteiger partial charge in [-0.15, -0.1) is 0 Å². The summed E-state index contributed by atoms with van der Waals surface area (Å²) in [5.74, 6) is 1.61. The van der Waals surface area contributed by atoms with E-state index in [4.69, 9.17) is 17.0 Å². The summed E-state index contributed by atoms with van der Waals surface area (Å²) in [5.41, 5.74) is 4.44. The Balaban J connectivity index is 1.52. The lowest BCUT2D eigenvalue weighted by Crippen LogP contribution is -2.36. The van der Waals surface area contributed by atoms with Gasteiger partial charge < -0.3 is 9.64 Å². The number of hydrogen-bond acceptors (Lipinski definition) is 4. The molecular formula is C22H24N4O2S. The van der Waals surface area contributed by atoms with Crippen LogP contribution in [0.25, 0.3) is 11.4 Å². The van der Waals surface area contributed by atoms with Crippen molar-refractivity contribution in [2.75, 3.05) is 18.6 Å². The molecule has 0 atom stereocenters. The minimum Gasteiger partial charge on any atom is -0.497 e. The van der Waals surface area contributed by atoms with Gasteiger partial charge in [0.1, 0.15) is 5.75 Å². The molecule has 3 aromatic rings. The first-order valence-electron chi connectivity index (χ1n) is 9.76. The molecule has 2 aromatic carbocycles. The summed E-state index contributed by atoms with van der Waals surface area (Å²) in [6.07, 6.45) is 2.38. The first-order valence-corrected chi connectivity index (χ1v) is 10.2. The minimum atomic E-state index is 0.110. The third-order valence-electron chi connectivity index (χ3n) is 5.31. The quantitative estimate of drug-likeness (QED) is 0.640. The second-order valence-electron chi connectivity index (χ2n) is 7.26. The second kappa shape index (κ2) is 8.21. The van der Waals surface area contributed by atoms with Crippen LogP contribution >= 0.6 is 12.2 Å². The molecule has 150 valence electrons. The Morgan fingerprint density at radius 3 is 2.79 bits per heavy atom. The first-order chi connectivity index (χ1) is 14.1. The molecule has 0 spiro atoms. The maximum absolute atomic E-state index is 13.0. The molecule has 4 rings (SSSR count). The topological polar surface area (TPSA) is 63.1 Å². The smallest absolute Gasteiger partial charge is 0.228 e. The van der Waals surface area contributed by atoms with Gasteiger partial charge >= 0.3 is 0 Å². The Morgan fingerprint density at radius 1 is 1.24 bits per heavy atom. The van der Waals surface area contributed by atoms with Crippen LogP contribution in [0.15, 0.2) is 42.5 Å². The van der Waals surface area contributed by atoms with Gasteiger partial charge in [-0.05, 0) is 67.9 Å². The maximum atomic E-state index is 13.0. The maximum Gasteiger partial charge on any atom is 0.228 e. The van der Waals surface area contributed by atoms with Crippen molar-refractivity contribution in [3.8, 4) is 17.1 Å². The van der Waals surface area contributed by atoms with E-state index in [0.717, 1.165) is 42.2 Å². The summed E-state index contributed by atoms with van der Waals surface area (Å²) in [6, 6.07) is 14.0. The Kier molecular flexibility index (Phi) is 5.49. The average Bonchev–Trinajstić information content (AvgIpc) is 3.11. The molecule has 2 heterocycles. The zero-order valence-electron chi connectivity index (χ0n) is 16.6. The highest BCUT2D eigenvalue weighted by Gasteiger charge is 2.22. The molecule has 6 nitrogen and oxygen atoms in total. The Morgan fingerprint density at radius 2 is 2.03 bits per heavy atom. The number of aromatic amines is 1. The standard InChI is InChI=1S/C22H24N4O2S/c1-15-5-10-19-17(14-15)4-3-12-25(19)20(27)11-13-26-21(23-24-22(26)29)16-6-8-18(28-2)9-7-16/h5-10,14H,3-4,11-13H2,1-2H3,(H,24,29). The number of carbonyl (C=O) groups is 1. The Labute approximate surface area is 175 Å². The number of amides is 1. The van der Waals surface area contributed by atoms with E-state index >= 15 is 0 Å². The van der Waals surface area contributed by atoms with E-state index in [9.17, 15) is 4.79 Å². The minimum absolute atomic E-state index is 0.110. The van der Waals surface area contributed by atoms with Crippen LogP contribution in [0.4, 0.5) is 5.69 Å². The normalized spacial score (nSPS) is 13.2. The Hall–Kier alpha value is -2.93. The van der Waals surface area contributed by atoms with Gasteiger partial charge in [-0.2, -0.15) is 5.10 Å². The average molecular weight is 409 g/mol. The van der Waals surface area contributed by atoms with Crippen molar-refractivity contribution < 1.29 is 9.53 Å². The molecule has 1 amide bonds.